The van der Waals surface area contributed by atoms with E-state index in [1.807, 2.05) is 19.4 Å². The second-order valence-electron chi connectivity index (χ2n) is 3.79. The smallest absolute Gasteiger partial charge is 0.0932 e. The van der Waals surface area contributed by atoms with Gasteiger partial charge in [-0.25, -0.2) is 4.98 Å². The molecule has 0 fully saturated rings. The van der Waals surface area contributed by atoms with E-state index >= 15 is 0 Å². The number of aromatic nitrogens is 2. The summed E-state index contributed by atoms with van der Waals surface area (Å²) in [6.45, 7) is 1.09. The Morgan fingerprint density at radius 2 is 2.38 bits per heavy atom. The Balaban J connectivity index is 1.88. The lowest BCUT2D eigenvalue weighted by Gasteiger charge is -1.97. The van der Waals surface area contributed by atoms with E-state index in [1.54, 1.807) is 11.3 Å². The number of rotatable bonds is 6. The minimum atomic E-state index is 1.09. The van der Waals surface area contributed by atoms with Crippen molar-refractivity contribution in [1.82, 2.24) is 15.3 Å². The first-order valence-corrected chi connectivity index (χ1v) is 6.50. The van der Waals surface area contributed by atoms with Crippen LogP contribution in [-0.4, -0.2) is 23.6 Å². The van der Waals surface area contributed by atoms with Crippen molar-refractivity contribution in [3.63, 3.8) is 0 Å². The minimum absolute atomic E-state index is 1.09. The van der Waals surface area contributed by atoms with Crippen molar-refractivity contribution in [2.75, 3.05) is 13.6 Å². The van der Waals surface area contributed by atoms with E-state index in [4.69, 9.17) is 0 Å². The molecular formula is C12H17N3S. The maximum absolute atomic E-state index is 4.63. The number of nitrogens with zero attached hydrogens (tertiary/aromatic N) is 1. The predicted octanol–water partition coefficient (Wildman–Crippen LogP) is 2.68. The molecule has 0 aliphatic heterocycles. The van der Waals surface area contributed by atoms with Crippen LogP contribution in [0.3, 0.4) is 0 Å². The summed E-state index contributed by atoms with van der Waals surface area (Å²) >= 11 is 1.76. The van der Waals surface area contributed by atoms with E-state index in [0.717, 1.165) is 18.7 Å². The fourth-order valence-electron chi connectivity index (χ4n) is 1.62. The predicted molar refractivity (Wildman–Crippen MR) is 68.8 cm³/mol. The Labute approximate surface area is 99.9 Å². The third-order valence-corrected chi connectivity index (χ3v) is 3.42. The number of hydrogen-bond donors (Lipinski definition) is 2. The highest BCUT2D eigenvalue weighted by molar-refractivity contribution is 7.09. The summed E-state index contributed by atoms with van der Waals surface area (Å²) in [5.41, 5.74) is 2.27. The van der Waals surface area contributed by atoms with Crippen LogP contribution in [-0.2, 0) is 6.42 Å². The SMILES string of the molecule is CNCCCCc1nc(-c2cc[nH]c2)cs1. The minimum Gasteiger partial charge on any atom is -0.367 e. The Bertz CT molecular complexity index is 406. The zero-order valence-electron chi connectivity index (χ0n) is 9.49. The number of hydrogen-bond acceptors (Lipinski definition) is 3. The molecule has 0 aromatic carbocycles. The van der Waals surface area contributed by atoms with Crippen LogP contribution in [0.1, 0.15) is 17.8 Å². The van der Waals surface area contributed by atoms with E-state index < -0.39 is 0 Å². The first kappa shape index (κ1) is 11.4. The second kappa shape index (κ2) is 5.82. The van der Waals surface area contributed by atoms with Crippen LogP contribution in [0.5, 0.6) is 0 Å². The van der Waals surface area contributed by atoms with Gasteiger partial charge in [0.1, 0.15) is 0 Å². The average molecular weight is 235 g/mol. The number of H-pyrrole nitrogens is 1. The van der Waals surface area contributed by atoms with Crippen LogP contribution in [0.2, 0.25) is 0 Å². The molecule has 16 heavy (non-hydrogen) atoms. The first-order chi connectivity index (χ1) is 7.90. The third-order valence-electron chi connectivity index (χ3n) is 2.51. The number of unbranched alkanes of at least 4 members (excludes halogenated alkanes) is 1. The van der Waals surface area contributed by atoms with Crippen LogP contribution in [0.15, 0.2) is 23.8 Å². The summed E-state index contributed by atoms with van der Waals surface area (Å²) < 4.78 is 0. The van der Waals surface area contributed by atoms with Crippen molar-refractivity contribution < 1.29 is 0 Å². The highest BCUT2D eigenvalue weighted by atomic mass is 32.1. The van der Waals surface area contributed by atoms with Gasteiger partial charge in [-0.2, -0.15) is 0 Å². The van der Waals surface area contributed by atoms with Crippen LogP contribution >= 0.6 is 11.3 Å². The van der Waals surface area contributed by atoms with E-state index in [0.29, 0.717) is 0 Å². The van der Waals surface area contributed by atoms with Gasteiger partial charge in [-0.05, 0) is 38.9 Å². The first-order valence-electron chi connectivity index (χ1n) is 5.62. The molecule has 0 saturated carbocycles. The number of aromatic amines is 1. The summed E-state index contributed by atoms with van der Waals surface area (Å²) in [7, 11) is 1.99. The fraction of sp³-hybridized carbons (Fsp3) is 0.417. The molecule has 3 nitrogen and oxygen atoms in total. The number of nitrogens with one attached hydrogen (secondary N) is 2. The molecule has 0 saturated heterocycles. The van der Waals surface area contributed by atoms with Crippen molar-refractivity contribution in [3.05, 3.63) is 28.8 Å². The molecule has 2 heterocycles. The van der Waals surface area contributed by atoms with Gasteiger partial charge in [0.15, 0.2) is 0 Å². The lowest BCUT2D eigenvalue weighted by Crippen LogP contribution is -2.07. The summed E-state index contributed by atoms with van der Waals surface area (Å²) in [6.07, 6.45) is 7.44. The Kier molecular flexibility index (Phi) is 4.13. The molecular weight excluding hydrogens is 218 g/mol. The standard InChI is InChI=1S/C12H17N3S/c1-13-6-3-2-4-12-15-11(9-16-12)10-5-7-14-8-10/h5,7-9,13-14H,2-4,6H2,1H3. The quantitative estimate of drug-likeness (QED) is 0.756. The molecule has 0 aliphatic carbocycles. The van der Waals surface area contributed by atoms with Gasteiger partial charge >= 0.3 is 0 Å². The third kappa shape index (κ3) is 2.93. The van der Waals surface area contributed by atoms with Crippen molar-refractivity contribution in [2.45, 2.75) is 19.3 Å². The van der Waals surface area contributed by atoms with Crippen molar-refractivity contribution >= 4 is 11.3 Å². The molecule has 2 aromatic heterocycles. The Morgan fingerprint density at radius 3 is 3.12 bits per heavy atom. The average Bonchev–Trinajstić information content (AvgIpc) is 2.94. The maximum Gasteiger partial charge on any atom is 0.0932 e. The van der Waals surface area contributed by atoms with Gasteiger partial charge in [-0.15, -0.1) is 11.3 Å². The molecule has 4 heteroatoms. The zero-order chi connectivity index (χ0) is 11.2. The maximum atomic E-state index is 4.63. The molecule has 0 amide bonds. The van der Waals surface area contributed by atoms with E-state index in [1.165, 1.54) is 23.4 Å². The Morgan fingerprint density at radius 1 is 1.44 bits per heavy atom. The molecule has 86 valence electrons. The van der Waals surface area contributed by atoms with Gasteiger partial charge in [0, 0.05) is 23.3 Å². The van der Waals surface area contributed by atoms with Crippen LogP contribution in [0, 0.1) is 0 Å². The molecule has 2 rings (SSSR count). The summed E-state index contributed by atoms with van der Waals surface area (Å²) in [5, 5.41) is 6.54. The summed E-state index contributed by atoms with van der Waals surface area (Å²) in [5.74, 6) is 0. The van der Waals surface area contributed by atoms with Gasteiger partial charge in [-0.1, -0.05) is 0 Å². The number of aryl methyl sites for hydroxylation is 1. The van der Waals surface area contributed by atoms with Crippen molar-refractivity contribution in [2.24, 2.45) is 0 Å². The molecule has 2 aromatic rings. The van der Waals surface area contributed by atoms with Gasteiger partial charge in [-0.3, -0.25) is 0 Å². The normalized spacial score (nSPS) is 10.8. The monoisotopic (exact) mass is 235 g/mol. The highest BCUT2D eigenvalue weighted by Gasteiger charge is 2.04. The van der Waals surface area contributed by atoms with Gasteiger partial charge in [0.05, 0.1) is 10.7 Å². The van der Waals surface area contributed by atoms with Gasteiger partial charge in [0.2, 0.25) is 0 Å². The lowest BCUT2D eigenvalue weighted by atomic mass is 10.2. The summed E-state index contributed by atoms with van der Waals surface area (Å²) in [4.78, 5) is 7.68. The van der Waals surface area contributed by atoms with E-state index in [-0.39, 0.29) is 0 Å². The lowest BCUT2D eigenvalue weighted by molar-refractivity contribution is 0.676. The highest BCUT2D eigenvalue weighted by Crippen LogP contribution is 2.22. The van der Waals surface area contributed by atoms with Crippen LogP contribution in [0.4, 0.5) is 0 Å². The second-order valence-corrected chi connectivity index (χ2v) is 4.73. The van der Waals surface area contributed by atoms with Crippen molar-refractivity contribution in [3.8, 4) is 11.3 Å². The largest absolute Gasteiger partial charge is 0.367 e. The van der Waals surface area contributed by atoms with E-state index in [9.17, 15) is 0 Å². The molecule has 0 radical (unpaired) electrons. The molecule has 2 N–H and O–H groups in total. The van der Waals surface area contributed by atoms with Crippen LogP contribution < -0.4 is 5.32 Å². The topological polar surface area (TPSA) is 40.7 Å². The zero-order valence-corrected chi connectivity index (χ0v) is 10.3. The van der Waals surface area contributed by atoms with Crippen LogP contribution in [0.25, 0.3) is 11.3 Å². The molecule has 0 spiro atoms. The molecule has 0 unspecified atom stereocenters. The molecule has 0 bridgehead atoms. The molecule has 0 aliphatic rings. The molecule has 0 atom stereocenters. The number of thiazole rings is 1. The summed E-state index contributed by atoms with van der Waals surface area (Å²) in [6, 6.07) is 2.06. The van der Waals surface area contributed by atoms with Gasteiger partial charge < -0.3 is 10.3 Å². The fourth-order valence-corrected chi connectivity index (χ4v) is 2.47. The Hall–Kier alpha value is -1.13. The van der Waals surface area contributed by atoms with Crippen molar-refractivity contribution in [1.29, 1.82) is 0 Å². The van der Waals surface area contributed by atoms with E-state index in [2.05, 4.69) is 26.7 Å². The van der Waals surface area contributed by atoms with Gasteiger partial charge in [0.25, 0.3) is 0 Å².